The molecule has 2 aromatic rings. The number of benzene rings is 1. The molecule has 8 nitrogen and oxygen atoms in total. The highest BCUT2D eigenvalue weighted by Crippen LogP contribution is 2.27. The monoisotopic (exact) mass is 451 g/mol. The first-order chi connectivity index (χ1) is 16.1. The van der Waals surface area contributed by atoms with Crippen molar-refractivity contribution in [2.24, 2.45) is 11.0 Å². The Balaban J connectivity index is 1.25. The molecule has 2 fully saturated rings. The van der Waals surface area contributed by atoms with Crippen molar-refractivity contribution < 1.29 is 14.7 Å². The van der Waals surface area contributed by atoms with Crippen LogP contribution in [0.5, 0.6) is 0 Å². The van der Waals surface area contributed by atoms with Crippen molar-refractivity contribution in [1.82, 2.24) is 15.4 Å². The fourth-order valence-electron chi connectivity index (χ4n) is 4.56. The zero-order valence-corrected chi connectivity index (χ0v) is 19.1. The highest BCUT2D eigenvalue weighted by molar-refractivity contribution is 5.80. The van der Waals surface area contributed by atoms with E-state index in [0.717, 1.165) is 56.7 Å². The number of hydrogen-bond donors (Lipinski definition) is 2. The number of nitrogens with zero attached hydrogens (tertiary/aromatic N) is 4. The first-order valence-electron chi connectivity index (χ1n) is 11.8. The van der Waals surface area contributed by atoms with Gasteiger partial charge >= 0.3 is 5.97 Å². The van der Waals surface area contributed by atoms with Crippen LogP contribution in [0.2, 0.25) is 0 Å². The van der Waals surface area contributed by atoms with E-state index >= 15 is 0 Å². The number of hydrazone groups is 1. The number of likely N-dealkylation sites (tertiary alicyclic amines) is 1. The van der Waals surface area contributed by atoms with Gasteiger partial charge in [-0.05, 0) is 68.5 Å². The Morgan fingerprint density at radius 2 is 1.97 bits per heavy atom. The van der Waals surface area contributed by atoms with Crippen molar-refractivity contribution >= 4 is 17.9 Å². The van der Waals surface area contributed by atoms with Crippen LogP contribution in [0.3, 0.4) is 0 Å². The predicted octanol–water partition coefficient (Wildman–Crippen LogP) is 3.46. The molecule has 4 rings (SSSR count). The summed E-state index contributed by atoms with van der Waals surface area (Å²) in [6.07, 6.45) is 8.69. The van der Waals surface area contributed by atoms with E-state index in [-0.39, 0.29) is 18.6 Å². The van der Waals surface area contributed by atoms with Crippen LogP contribution in [0, 0.1) is 5.92 Å². The number of pyridine rings is 1. The number of piperidine rings is 1. The lowest BCUT2D eigenvalue weighted by atomic mass is 9.93. The summed E-state index contributed by atoms with van der Waals surface area (Å²) in [7, 11) is 0. The van der Waals surface area contributed by atoms with Gasteiger partial charge < -0.3 is 10.0 Å². The predicted molar refractivity (Wildman–Crippen MR) is 128 cm³/mol. The number of hydroxylamine groups is 1. The van der Waals surface area contributed by atoms with Gasteiger partial charge in [0, 0.05) is 31.9 Å². The van der Waals surface area contributed by atoms with Gasteiger partial charge in [-0.2, -0.15) is 10.6 Å². The summed E-state index contributed by atoms with van der Waals surface area (Å²) >= 11 is 0. The molecule has 2 aliphatic heterocycles. The minimum Gasteiger partial charge on any atom is -0.481 e. The fraction of sp³-hybridized carbons (Fsp3) is 0.480. The van der Waals surface area contributed by atoms with Crippen LogP contribution in [-0.4, -0.2) is 59.5 Å². The Kier molecular flexibility index (Phi) is 8.04. The Morgan fingerprint density at radius 3 is 2.64 bits per heavy atom. The third kappa shape index (κ3) is 6.60. The van der Waals surface area contributed by atoms with Gasteiger partial charge in [0.1, 0.15) is 0 Å². The van der Waals surface area contributed by atoms with Gasteiger partial charge in [0.15, 0.2) is 0 Å². The zero-order valence-electron chi connectivity index (χ0n) is 19.1. The molecule has 176 valence electrons. The van der Waals surface area contributed by atoms with Crippen molar-refractivity contribution in [2.75, 3.05) is 31.2 Å². The Morgan fingerprint density at radius 1 is 1.24 bits per heavy atom. The zero-order chi connectivity index (χ0) is 23.0. The molecule has 1 aromatic carbocycles. The molecule has 8 heteroatoms. The van der Waals surface area contributed by atoms with Crippen molar-refractivity contribution in [3.05, 3.63) is 59.9 Å². The maximum Gasteiger partial charge on any atom is 0.303 e. The SMILES string of the molecule is CCN(N=Cc1ccc(C2CC(CN3CCC(CC(=O)O)CC3)ON2)cc1)c1ccncc1. The van der Waals surface area contributed by atoms with Crippen molar-refractivity contribution in [3.63, 3.8) is 0 Å². The van der Waals surface area contributed by atoms with Crippen LogP contribution in [0.25, 0.3) is 0 Å². The molecule has 0 amide bonds. The maximum atomic E-state index is 10.9. The molecule has 0 spiro atoms. The van der Waals surface area contributed by atoms with E-state index in [1.165, 1.54) is 5.56 Å². The van der Waals surface area contributed by atoms with Crippen LogP contribution in [-0.2, 0) is 9.63 Å². The van der Waals surface area contributed by atoms with Crippen LogP contribution >= 0.6 is 0 Å². The molecule has 2 aliphatic rings. The molecule has 33 heavy (non-hydrogen) atoms. The standard InChI is InChI=1S/C25H33N5O3/c1-2-30(22-7-11-26-12-8-22)27-17-20-3-5-21(6-4-20)24-16-23(33-28-24)18-29-13-9-19(10-14-29)15-25(31)32/h3-8,11-12,17,19,23-24,28H,2,9-10,13-16,18H2,1H3,(H,31,32). The first-order valence-corrected chi connectivity index (χ1v) is 11.8. The fourth-order valence-corrected chi connectivity index (χ4v) is 4.56. The second-order valence-corrected chi connectivity index (χ2v) is 8.82. The summed E-state index contributed by atoms with van der Waals surface area (Å²) < 4.78 is 0. The number of carboxylic acids is 1. The third-order valence-electron chi connectivity index (χ3n) is 6.45. The van der Waals surface area contributed by atoms with E-state index in [9.17, 15) is 4.79 Å². The van der Waals surface area contributed by atoms with E-state index in [0.29, 0.717) is 5.92 Å². The molecule has 2 atom stereocenters. The molecule has 2 saturated heterocycles. The second kappa shape index (κ2) is 11.4. The molecule has 0 radical (unpaired) electrons. The van der Waals surface area contributed by atoms with E-state index in [1.807, 2.05) is 23.4 Å². The number of anilines is 1. The minimum absolute atomic E-state index is 0.144. The molecule has 3 heterocycles. The minimum atomic E-state index is -0.687. The van der Waals surface area contributed by atoms with Gasteiger partial charge in [-0.15, -0.1) is 0 Å². The van der Waals surface area contributed by atoms with Crippen LogP contribution in [0.15, 0.2) is 53.9 Å². The molecule has 0 aliphatic carbocycles. The average molecular weight is 452 g/mol. The van der Waals surface area contributed by atoms with E-state index in [4.69, 9.17) is 9.94 Å². The summed E-state index contributed by atoms with van der Waals surface area (Å²) in [6, 6.07) is 12.5. The quantitative estimate of drug-likeness (QED) is 0.446. The Labute approximate surface area is 195 Å². The van der Waals surface area contributed by atoms with Crippen molar-refractivity contribution in [2.45, 2.75) is 44.8 Å². The van der Waals surface area contributed by atoms with Crippen LogP contribution in [0.4, 0.5) is 5.69 Å². The Bertz CT molecular complexity index is 913. The second-order valence-electron chi connectivity index (χ2n) is 8.82. The van der Waals surface area contributed by atoms with Crippen molar-refractivity contribution in [1.29, 1.82) is 0 Å². The van der Waals surface area contributed by atoms with Crippen molar-refractivity contribution in [3.8, 4) is 0 Å². The van der Waals surface area contributed by atoms with Gasteiger partial charge in [-0.1, -0.05) is 24.3 Å². The topological polar surface area (TPSA) is 90.3 Å². The first kappa shape index (κ1) is 23.4. The summed E-state index contributed by atoms with van der Waals surface area (Å²) in [4.78, 5) is 23.2. The van der Waals surface area contributed by atoms with Gasteiger partial charge in [0.05, 0.1) is 24.0 Å². The molecule has 0 saturated carbocycles. The molecule has 2 unspecified atom stereocenters. The normalized spacial score (nSPS) is 22.1. The number of nitrogens with one attached hydrogen (secondary N) is 1. The van der Waals surface area contributed by atoms with Crippen LogP contribution in [0.1, 0.15) is 49.8 Å². The average Bonchev–Trinajstić information content (AvgIpc) is 3.30. The van der Waals surface area contributed by atoms with Crippen LogP contribution < -0.4 is 10.5 Å². The molecule has 0 bridgehead atoms. The highest BCUT2D eigenvalue weighted by Gasteiger charge is 2.30. The number of rotatable bonds is 9. The number of aliphatic carboxylic acids is 1. The largest absolute Gasteiger partial charge is 0.481 e. The van der Waals surface area contributed by atoms with E-state index in [1.54, 1.807) is 12.4 Å². The molecular weight excluding hydrogens is 418 g/mol. The smallest absolute Gasteiger partial charge is 0.303 e. The third-order valence-corrected chi connectivity index (χ3v) is 6.45. The van der Waals surface area contributed by atoms with Gasteiger partial charge in [0.25, 0.3) is 0 Å². The lowest BCUT2D eigenvalue weighted by molar-refractivity contribution is -0.138. The number of hydrogen-bond acceptors (Lipinski definition) is 7. The number of aromatic nitrogens is 1. The summed E-state index contributed by atoms with van der Waals surface area (Å²) in [5, 5.41) is 15.5. The van der Waals surface area contributed by atoms with Gasteiger partial charge in [0.2, 0.25) is 0 Å². The lowest BCUT2D eigenvalue weighted by Gasteiger charge is -2.32. The summed E-state index contributed by atoms with van der Waals surface area (Å²) in [5.41, 5.74) is 6.47. The van der Waals surface area contributed by atoms with E-state index < -0.39 is 5.97 Å². The number of carbonyl (C=O) groups is 1. The lowest BCUT2D eigenvalue weighted by Crippen LogP contribution is -2.39. The van der Waals surface area contributed by atoms with Gasteiger partial charge in [-0.3, -0.25) is 19.6 Å². The van der Waals surface area contributed by atoms with Gasteiger partial charge in [-0.25, -0.2) is 0 Å². The Hall–Kier alpha value is -2.81. The molecule has 2 N–H and O–H groups in total. The molecule has 1 aromatic heterocycles. The molecular formula is C25H33N5O3. The summed E-state index contributed by atoms with van der Waals surface area (Å²) in [5.74, 6) is -0.376. The summed E-state index contributed by atoms with van der Waals surface area (Å²) in [6.45, 7) is 5.63. The number of carboxylic acid groups (broad SMARTS) is 1. The van der Waals surface area contributed by atoms with E-state index in [2.05, 4.69) is 51.7 Å². The maximum absolute atomic E-state index is 10.9. The highest BCUT2D eigenvalue weighted by atomic mass is 16.7.